The van der Waals surface area contributed by atoms with Gasteiger partial charge in [0.25, 0.3) is 6.43 Å². The fourth-order valence-corrected chi connectivity index (χ4v) is 1.44. The Kier molecular flexibility index (Phi) is 3.88. The smallest absolute Gasteiger partial charge is 0.242 e. The van der Waals surface area contributed by atoms with Crippen LogP contribution in [0, 0.1) is 11.3 Å². The molecule has 0 saturated carbocycles. The third kappa shape index (κ3) is 2.82. The van der Waals surface area contributed by atoms with Crippen molar-refractivity contribution < 1.29 is 22.0 Å². The van der Waals surface area contributed by atoms with Gasteiger partial charge in [-0.1, -0.05) is 0 Å². The Balaban J connectivity index is 3.53. The lowest BCUT2D eigenvalue weighted by molar-refractivity contribution is -0.141. The summed E-state index contributed by atoms with van der Waals surface area (Å²) in [5.41, 5.74) is -3.56. The zero-order valence-corrected chi connectivity index (χ0v) is 8.78. The highest BCUT2D eigenvalue weighted by atomic mass is 35.5. The molecule has 1 heterocycles. The number of pyridine rings is 1. The van der Waals surface area contributed by atoms with E-state index in [9.17, 15) is 22.0 Å². The van der Waals surface area contributed by atoms with E-state index in [4.69, 9.17) is 16.9 Å². The van der Waals surface area contributed by atoms with Crippen LogP contribution in [-0.2, 0) is 12.1 Å². The van der Waals surface area contributed by atoms with E-state index in [0.717, 1.165) is 0 Å². The number of halogens is 6. The quantitative estimate of drug-likeness (QED) is 0.607. The van der Waals surface area contributed by atoms with Crippen LogP contribution in [0.5, 0.6) is 0 Å². The van der Waals surface area contributed by atoms with Gasteiger partial charge in [0, 0.05) is 5.56 Å². The highest BCUT2D eigenvalue weighted by molar-refractivity contribution is 6.17. The molecule has 1 aromatic heterocycles. The summed E-state index contributed by atoms with van der Waals surface area (Å²) in [6, 6.07) is 1.80. The highest BCUT2D eigenvalue weighted by Gasteiger charge is 2.35. The molecule has 0 atom stereocenters. The second-order valence-electron chi connectivity index (χ2n) is 2.96. The molecule has 0 unspecified atom stereocenters. The van der Waals surface area contributed by atoms with E-state index < -0.39 is 35.4 Å². The van der Waals surface area contributed by atoms with Crippen LogP contribution in [0.1, 0.15) is 28.9 Å². The van der Waals surface area contributed by atoms with Gasteiger partial charge in [0.15, 0.2) is 0 Å². The molecule has 0 aliphatic heterocycles. The number of nitriles is 1. The highest BCUT2D eigenvalue weighted by Crippen LogP contribution is 2.33. The molecule has 0 aromatic carbocycles. The molecular weight excluding hydrogens is 267 g/mol. The van der Waals surface area contributed by atoms with Gasteiger partial charge in [-0.25, -0.2) is 13.8 Å². The van der Waals surface area contributed by atoms with Crippen molar-refractivity contribution in [3.05, 3.63) is 28.6 Å². The topological polar surface area (TPSA) is 36.7 Å². The van der Waals surface area contributed by atoms with Gasteiger partial charge in [-0.15, -0.1) is 11.6 Å². The van der Waals surface area contributed by atoms with Gasteiger partial charge in [-0.3, -0.25) is 0 Å². The van der Waals surface area contributed by atoms with Gasteiger partial charge >= 0.3 is 6.18 Å². The minimum Gasteiger partial charge on any atom is -0.242 e. The average molecular weight is 271 g/mol. The summed E-state index contributed by atoms with van der Waals surface area (Å²) in [5, 5.41) is 8.60. The molecule has 0 bridgehead atoms. The molecule has 8 heteroatoms. The monoisotopic (exact) mass is 270 g/mol. The van der Waals surface area contributed by atoms with Crippen molar-refractivity contribution in [2.24, 2.45) is 0 Å². The molecular formula is C9H4ClF5N2. The maximum absolute atomic E-state index is 12.5. The minimum atomic E-state index is -4.89. The summed E-state index contributed by atoms with van der Waals surface area (Å²) in [7, 11) is 0. The van der Waals surface area contributed by atoms with Crippen molar-refractivity contribution in [3.8, 4) is 6.07 Å². The van der Waals surface area contributed by atoms with Crippen LogP contribution < -0.4 is 0 Å². The molecule has 0 saturated heterocycles. The molecule has 0 spiro atoms. The van der Waals surface area contributed by atoms with E-state index in [-0.39, 0.29) is 5.56 Å². The summed E-state index contributed by atoms with van der Waals surface area (Å²) in [4.78, 5) is 2.81. The summed E-state index contributed by atoms with van der Waals surface area (Å²) < 4.78 is 62.0. The average Bonchev–Trinajstić information content (AvgIpc) is 2.25. The molecule has 2 nitrogen and oxygen atoms in total. The summed E-state index contributed by atoms with van der Waals surface area (Å²) in [6.45, 7) is 0. The maximum atomic E-state index is 12.5. The molecule has 92 valence electrons. The molecule has 0 aliphatic rings. The predicted molar refractivity (Wildman–Crippen MR) is 48.5 cm³/mol. The van der Waals surface area contributed by atoms with Gasteiger partial charge in [0.05, 0.1) is 17.5 Å². The number of hydrogen-bond acceptors (Lipinski definition) is 2. The lowest BCUT2D eigenvalue weighted by Crippen LogP contribution is -2.12. The SMILES string of the molecule is N#Cc1cc(C(F)(F)F)nc(C(F)F)c1CCl. The fourth-order valence-electron chi connectivity index (χ4n) is 1.16. The van der Waals surface area contributed by atoms with Crippen LogP contribution in [0.3, 0.4) is 0 Å². The van der Waals surface area contributed by atoms with Gasteiger partial charge in [-0.2, -0.15) is 18.4 Å². The van der Waals surface area contributed by atoms with Gasteiger partial charge in [-0.05, 0) is 6.07 Å². The molecule has 1 rings (SSSR count). The van der Waals surface area contributed by atoms with Crippen molar-refractivity contribution in [2.45, 2.75) is 18.5 Å². The second-order valence-corrected chi connectivity index (χ2v) is 3.23. The molecule has 0 amide bonds. The summed E-state index contributed by atoms with van der Waals surface area (Å²) in [6.07, 6.45) is -8.11. The lowest BCUT2D eigenvalue weighted by atomic mass is 10.1. The zero-order chi connectivity index (χ0) is 13.2. The molecule has 1 aromatic rings. The fraction of sp³-hybridized carbons (Fsp3) is 0.333. The van der Waals surface area contributed by atoms with E-state index in [1.807, 2.05) is 0 Å². The Hall–Kier alpha value is -1.42. The Labute approximate surface area is 97.6 Å². The van der Waals surface area contributed by atoms with E-state index in [1.165, 1.54) is 6.07 Å². The third-order valence-electron chi connectivity index (χ3n) is 1.91. The van der Waals surface area contributed by atoms with Gasteiger partial charge in [0.1, 0.15) is 11.4 Å². The maximum Gasteiger partial charge on any atom is 0.433 e. The molecule has 0 radical (unpaired) electrons. The molecule has 0 aliphatic carbocycles. The third-order valence-corrected chi connectivity index (χ3v) is 2.17. The van der Waals surface area contributed by atoms with E-state index in [0.29, 0.717) is 6.07 Å². The first-order valence-electron chi connectivity index (χ1n) is 4.16. The standard InChI is InChI=1S/C9H4ClF5N2/c10-2-5-4(3-16)1-6(9(13,14)15)17-7(5)8(11)12/h1,8H,2H2. The van der Waals surface area contributed by atoms with E-state index >= 15 is 0 Å². The Morgan fingerprint density at radius 2 is 2.00 bits per heavy atom. The van der Waals surface area contributed by atoms with E-state index in [1.54, 1.807) is 0 Å². The number of rotatable bonds is 2. The largest absolute Gasteiger partial charge is 0.433 e. The van der Waals surface area contributed by atoms with Gasteiger partial charge in [0.2, 0.25) is 0 Å². The van der Waals surface area contributed by atoms with Crippen molar-refractivity contribution >= 4 is 11.6 Å². The Morgan fingerprint density at radius 1 is 1.41 bits per heavy atom. The zero-order valence-electron chi connectivity index (χ0n) is 8.02. The first-order chi connectivity index (χ1) is 7.81. The van der Waals surface area contributed by atoms with Crippen LogP contribution in [0.2, 0.25) is 0 Å². The molecule has 17 heavy (non-hydrogen) atoms. The van der Waals surface area contributed by atoms with E-state index in [2.05, 4.69) is 4.98 Å². The number of aromatic nitrogens is 1. The van der Waals surface area contributed by atoms with Crippen LogP contribution in [0.4, 0.5) is 22.0 Å². The van der Waals surface area contributed by atoms with Crippen LogP contribution >= 0.6 is 11.6 Å². The van der Waals surface area contributed by atoms with Crippen molar-refractivity contribution in [1.29, 1.82) is 5.26 Å². The molecule has 0 N–H and O–H groups in total. The Bertz CT molecular complexity index is 464. The first kappa shape index (κ1) is 13.6. The number of nitrogens with zero attached hydrogens (tertiary/aromatic N) is 2. The minimum absolute atomic E-state index is 0.378. The molecule has 0 fully saturated rings. The van der Waals surface area contributed by atoms with Crippen molar-refractivity contribution in [2.75, 3.05) is 0 Å². The van der Waals surface area contributed by atoms with Crippen LogP contribution in [0.15, 0.2) is 6.07 Å². The summed E-state index contributed by atoms with van der Waals surface area (Å²) >= 11 is 5.32. The number of alkyl halides is 6. The second kappa shape index (κ2) is 4.84. The lowest BCUT2D eigenvalue weighted by Gasteiger charge is -2.12. The van der Waals surface area contributed by atoms with Gasteiger partial charge < -0.3 is 0 Å². The van der Waals surface area contributed by atoms with Crippen molar-refractivity contribution in [1.82, 2.24) is 4.98 Å². The summed E-state index contributed by atoms with van der Waals surface area (Å²) in [5.74, 6) is -0.506. The predicted octanol–water partition coefficient (Wildman–Crippen LogP) is 3.65. The van der Waals surface area contributed by atoms with Crippen LogP contribution in [0.25, 0.3) is 0 Å². The Morgan fingerprint density at radius 3 is 2.35 bits per heavy atom. The normalized spacial score (nSPS) is 11.6. The van der Waals surface area contributed by atoms with Crippen LogP contribution in [-0.4, -0.2) is 4.98 Å². The first-order valence-corrected chi connectivity index (χ1v) is 4.70. The van der Waals surface area contributed by atoms with Crippen molar-refractivity contribution in [3.63, 3.8) is 0 Å². The number of hydrogen-bond donors (Lipinski definition) is 0.